The second kappa shape index (κ2) is 11.8. The summed E-state index contributed by atoms with van der Waals surface area (Å²) >= 11 is 2.64. The minimum absolute atomic E-state index is 0.274. The van der Waals surface area contributed by atoms with Crippen LogP contribution in [-0.4, -0.2) is 25.7 Å². The molecule has 0 spiro atoms. The molecule has 0 atom stereocenters. The molecule has 0 aliphatic rings. The van der Waals surface area contributed by atoms with Gasteiger partial charge in [-0.15, -0.1) is 21.5 Å². The van der Waals surface area contributed by atoms with E-state index in [0.717, 1.165) is 23.3 Å². The van der Waals surface area contributed by atoms with Gasteiger partial charge in [-0.05, 0) is 29.3 Å². The van der Waals surface area contributed by atoms with Crippen molar-refractivity contribution in [3.05, 3.63) is 124 Å². The van der Waals surface area contributed by atoms with E-state index in [-0.39, 0.29) is 5.91 Å². The molecule has 0 aliphatic carbocycles. The summed E-state index contributed by atoms with van der Waals surface area (Å²) in [6.45, 7) is 0.394. The van der Waals surface area contributed by atoms with Gasteiger partial charge in [0, 0.05) is 18.3 Å². The number of nitrogens with one attached hydrogen (secondary N) is 1. The first-order valence-electron chi connectivity index (χ1n) is 11.9. The molecule has 39 heavy (non-hydrogen) atoms. The van der Waals surface area contributed by atoms with Crippen molar-refractivity contribution in [2.75, 3.05) is 0 Å². The number of amides is 1. The standard InChI is InChI=1S/C28H22F3N5OS2/c29-28(30,31)21-12-7-13-22(15-21)36-24(14-19-8-3-1-4-9-19)34-35-27(36)39-18-25-33-23(17-38-25)26(37)32-16-20-10-5-2-6-11-20/h1-13,15,17H,14,16,18H2,(H,32,37). The second-order valence-corrected chi connectivity index (χ2v) is 10.4. The number of benzene rings is 3. The maximum Gasteiger partial charge on any atom is 0.416 e. The van der Waals surface area contributed by atoms with Gasteiger partial charge in [0.05, 0.1) is 17.0 Å². The second-order valence-electron chi connectivity index (χ2n) is 8.53. The zero-order valence-electron chi connectivity index (χ0n) is 20.4. The third-order valence-electron chi connectivity index (χ3n) is 5.74. The van der Waals surface area contributed by atoms with E-state index in [1.165, 1.54) is 29.2 Å². The highest BCUT2D eigenvalue weighted by atomic mass is 32.2. The van der Waals surface area contributed by atoms with Crippen LogP contribution < -0.4 is 5.32 Å². The molecule has 0 saturated carbocycles. The number of thioether (sulfide) groups is 1. The Balaban J connectivity index is 1.34. The van der Waals surface area contributed by atoms with Crippen molar-refractivity contribution in [3.8, 4) is 5.69 Å². The smallest absolute Gasteiger partial charge is 0.347 e. The van der Waals surface area contributed by atoms with E-state index in [2.05, 4.69) is 20.5 Å². The molecule has 0 fully saturated rings. The van der Waals surface area contributed by atoms with Crippen LogP contribution in [0.25, 0.3) is 5.69 Å². The van der Waals surface area contributed by atoms with Crippen molar-refractivity contribution < 1.29 is 18.0 Å². The van der Waals surface area contributed by atoms with Crippen molar-refractivity contribution in [1.82, 2.24) is 25.1 Å². The topological polar surface area (TPSA) is 72.7 Å². The van der Waals surface area contributed by atoms with Crippen molar-refractivity contribution in [2.24, 2.45) is 0 Å². The highest BCUT2D eigenvalue weighted by molar-refractivity contribution is 7.98. The minimum Gasteiger partial charge on any atom is -0.347 e. The number of aromatic nitrogens is 4. The van der Waals surface area contributed by atoms with E-state index in [4.69, 9.17) is 0 Å². The molecule has 0 radical (unpaired) electrons. The van der Waals surface area contributed by atoms with Crippen molar-refractivity contribution >= 4 is 29.0 Å². The number of thiazole rings is 1. The molecule has 5 aromatic rings. The third-order valence-corrected chi connectivity index (χ3v) is 7.71. The summed E-state index contributed by atoms with van der Waals surface area (Å²) in [6, 6.07) is 24.2. The SMILES string of the molecule is O=C(NCc1ccccc1)c1csc(CSc2nnc(Cc3ccccc3)n2-c2cccc(C(F)(F)F)c2)n1. The highest BCUT2D eigenvalue weighted by Crippen LogP contribution is 2.33. The lowest BCUT2D eigenvalue weighted by Crippen LogP contribution is -2.23. The molecular formula is C28H22F3N5OS2. The van der Waals surface area contributed by atoms with Crippen LogP contribution in [0.5, 0.6) is 0 Å². The number of halogens is 3. The first kappa shape index (κ1) is 26.6. The van der Waals surface area contributed by atoms with E-state index < -0.39 is 11.7 Å². The zero-order chi connectivity index (χ0) is 27.2. The van der Waals surface area contributed by atoms with Crippen molar-refractivity contribution in [2.45, 2.75) is 30.1 Å². The Bertz CT molecular complexity index is 1550. The lowest BCUT2D eigenvalue weighted by atomic mass is 10.1. The fourth-order valence-electron chi connectivity index (χ4n) is 3.84. The van der Waals surface area contributed by atoms with Gasteiger partial charge in [-0.25, -0.2) is 4.98 Å². The Morgan fingerprint density at radius 1 is 0.923 bits per heavy atom. The average molecular weight is 566 g/mol. The van der Waals surface area contributed by atoms with Crippen LogP contribution in [0.4, 0.5) is 13.2 Å². The Hall–Kier alpha value is -3.96. The van der Waals surface area contributed by atoms with Gasteiger partial charge >= 0.3 is 6.18 Å². The quantitative estimate of drug-likeness (QED) is 0.205. The van der Waals surface area contributed by atoms with Crippen LogP contribution >= 0.6 is 23.1 Å². The van der Waals surface area contributed by atoms with Crippen LogP contribution in [0.1, 0.15) is 38.0 Å². The van der Waals surface area contributed by atoms with Gasteiger partial charge in [-0.2, -0.15) is 13.2 Å². The van der Waals surface area contributed by atoms with Gasteiger partial charge in [0.25, 0.3) is 5.91 Å². The van der Waals surface area contributed by atoms with Crippen LogP contribution in [0, 0.1) is 0 Å². The van der Waals surface area contributed by atoms with E-state index in [9.17, 15) is 18.0 Å². The Labute approximate surface area is 231 Å². The Morgan fingerprint density at radius 3 is 2.36 bits per heavy atom. The lowest BCUT2D eigenvalue weighted by molar-refractivity contribution is -0.137. The number of carbonyl (C=O) groups excluding carboxylic acids is 1. The molecule has 0 saturated heterocycles. The molecule has 3 aromatic carbocycles. The summed E-state index contributed by atoms with van der Waals surface area (Å²) < 4.78 is 42.0. The lowest BCUT2D eigenvalue weighted by Gasteiger charge is -2.13. The summed E-state index contributed by atoms with van der Waals surface area (Å²) in [5.74, 6) is 0.616. The number of alkyl halides is 3. The molecule has 198 valence electrons. The van der Waals surface area contributed by atoms with Crippen molar-refractivity contribution in [1.29, 1.82) is 0 Å². The maximum atomic E-state index is 13.5. The van der Waals surface area contributed by atoms with E-state index in [1.807, 2.05) is 60.7 Å². The summed E-state index contributed by atoms with van der Waals surface area (Å²) in [4.78, 5) is 17.0. The van der Waals surface area contributed by atoms with Gasteiger partial charge in [0.1, 0.15) is 16.5 Å². The Morgan fingerprint density at radius 2 is 1.64 bits per heavy atom. The van der Waals surface area contributed by atoms with Gasteiger partial charge in [0.2, 0.25) is 0 Å². The monoisotopic (exact) mass is 565 g/mol. The summed E-state index contributed by atoms with van der Waals surface area (Å²) in [5, 5.41) is 14.3. The number of hydrogen-bond donors (Lipinski definition) is 1. The van der Waals surface area contributed by atoms with Crippen LogP contribution in [0.2, 0.25) is 0 Å². The number of hydrogen-bond acceptors (Lipinski definition) is 6. The van der Waals surface area contributed by atoms with Crippen molar-refractivity contribution in [3.63, 3.8) is 0 Å². The fraction of sp³-hybridized carbons (Fsp3) is 0.143. The largest absolute Gasteiger partial charge is 0.416 e. The molecule has 1 amide bonds. The van der Waals surface area contributed by atoms with Gasteiger partial charge in [-0.1, -0.05) is 78.5 Å². The number of rotatable bonds is 9. The number of nitrogens with zero attached hydrogens (tertiary/aromatic N) is 4. The molecule has 5 rings (SSSR count). The van der Waals surface area contributed by atoms with Gasteiger partial charge in [0.15, 0.2) is 5.16 Å². The van der Waals surface area contributed by atoms with Crippen LogP contribution in [0.15, 0.2) is 95.5 Å². The van der Waals surface area contributed by atoms with Crippen LogP contribution in [0.3, 0.4) is 0 Å². The average Bonchev–Trinajstić information content (AvgIpc) is 3.58. The summed E-state index contributed by atoms with van der Waals surface area (Å²) in [7, 11) is 0. The third kappa shape index (κ3) is 6.73. The summed E-state index contributed by atoms with van der Waals surface area (Å²) in [6.07, 6.45) is -4.08. The normalized spacial score (nSPS) is 11.5. The molecular weight excluding hydrogens is 543 g/mol. The fourth-order valence-corrected chi connectivity index (χ4v) is 5.61. The zero-order valence-corrected chi connectivity index (χ0v) is 22.1. The first-order chi connectivity index (χ1) is 18.9. The molecule has 0 unspecified atom stereocenters. The summed E-state index contributed by atoms with van der Waals surface area (Å²) in [5.41, 5.74) is 1.83. The Kier molecular flexibility index (Phi) is 8.08. The maximum absolute atomic E-state index is 13.5. The molecule has 0 bridgehead atoms. The molecule has 1 N–H and O–H groups in total. The molecule has 11 heteroatoms. The molecule has 2 heterocycles. The van der Waals surface area contributed by atoms with E-state index >= 15 is 0 Å². The highest BCUT2D eigenvalue weighted by Gasteiger charge is 2.31. The predicted molar refractivity (Wildman–Crippen MR) is 145 cm³/mol. The molecule has 6 nitrogen and oxygen atoms in total. The van der Waals surface area contributed by atoms with Gasteiger partial charge in [-0.3, -0.25) is 9.36 Å². The molecule has 0 aliphatic heterocycles. The minimum atomic E-state index is -4.48. The predicted octanol–water partition coefficient (Wildman–Crippen LogP) is 6.56. The van der Waals surface area contributed by atoms with Crippen LogP contribution in [-0.2, 0) is 24.9 Å². The van der Waals surface area contributed by atoms with Gasteiger partial charge < -0.3 is 5.32 Å². The molecule has 2 aromatic heterocycles. The first-order valence-corrected chi connectivity index (χ1v) is 13.8. The number of carbonyl (C=O) groups is 1. The van der Waals surface area contributed by atoms with E-state index in [1.54, 1.807) is 16.0 Å². The van der Waals surface area contributed by atoms with E-state index in [0.29, 0.717) is 46.1 Å².